The fraction of sp³-hybridized carbons (Fsp3) is 0.500. The van der Waals surface area contributed by atoms with E-state index in [1.807, 2.05) is 0 Å². The number of carbonyl (C=O) groups is 2. The minimum atomic E-state index is -3.70. The average Bonchev–Trinajstić information content (AvgIpc) is 3.05. The summed E-state index contributed by atoms with van der Waals surface area (Å²) in [5.74, 6) is -1.82. The predicted octanol–water partition coefficient (Wildman–Crippen LogP) is 0.691. The normalized spacial score (nSPS) is 20.6. The molecule has 25 heavy (non-hydrogen) atoms. The molecule has 1 aliphatic heterocycles. The molecule has 1 amide bonds. The van der Waals surface area contributed by atoms with Crippen molar-refractivity contribution < 1.29 is 27.9 Å². The monoisotopic (exact) mass is 370 g/mol. The Bertz CT molecular complexity index is 752. The van der Waals surface area contributed by atoms with Gasteiger partial charge in [-0.25, -0.2) is 13.2 Å². The molecular weight excluding hydrogens is 348 g/mol. The molecule has 1 unspecified atom stereocenters. The van der Waals surface area contributed by atoms with E-state index in [1.54, 1.807) is 13.8 Å². The van der Waals surface area contributed by atoms with Gasteiger partial charge in [0.25, 0.3) is 5.91 Å². The van der Waals surface area contributed by atoms with Gasteiger partial charge in [-0.2, -0.15) is 4.31 Å². The Morgan fingerprint density at radius 3 is 2.52 bits per heavy atom. The van der Waals surface area contributed by atoms with Crippen LogP contribution in [0.25, 0.3) is 0 Å². The standard InChI is InChI=1S/C16H22N2O6S/c1-3-18(4-2)25(22,23)13-7-5-6-12(10-13)14(19)17-16(15(20)21)8-9-24-11-16/h5-7,10H,3-4,8-9,11H2,1-2H3,(H,17,19)(H,20,21). The first kappa shape index (κ1) is 19.4. The topological polar surface area (TPSA) is 113 Å². The van der Waals surface area contributed by atoms with Gasteiger partial charge < -0.3 is 15.2 Å². The third kappa shape index (κ3) is 3.83. The first-order chi connectivity index (χ1) is 11.8. The molecule has 1 atom stereocenters. The number of rotatable bonds is 7. The summed E-state index contributed by atoms with van der Waals surface area (Å²) in [6.45, 7) is 4.21. The van der Waals surface area contributed by atoms with Gasteiger partial charge in [0.15, 0.2) is 5.54 Å². The highest BCUT2D eigenvalue weighted by Crippen LogP contribution is 2.21. The molecular formula is C16H22N2O6S. The highest BCUT2D eigenvalue weighted by molar-refractivity contribution is 7.89. The summed E-state index contributed by atoms with van der Waals surface area (Å²) in [6, 6.07) is 5.58. The lowest BCUT2D eigenvalue weighted by Gasteiger charge is -2.24. The van der Waals surface area contributed by atoms with Crippen molar-refractivity contribution >= 4 is 21.9 Å². The minimum absolute atomic E-state index is 0.00380. The third-order valence-electron chi connectivity index (χ3n) is 4.22. The number of benzene rings is 1. The molecule has 1 aromatic rings. The Morgan fingerprint density at radius 1 is 1.32 bits per heavy atom. The molecule has 2 rings (SSSR count). The Hall–Kier alpha value is -1.97. The summed E-state index contributed by atoms with van der Waals surface area (Å²) in [7, 11) is -3.70. The van der Waals surface area contributed by atoms with Crippen LogP contribution in [0.3, 0.4) is 0 Å². The molecule has 1 saturated heterocycles. The van der Waals surface area contributed by atoms with Crippen LogP contribution in [0.15, 0.2) is 29.2 Å². The molecule has 0 saturated carbocycles. The molecule has 138 valence electrons. The Kier molecular flexibility index (Phi) is 5.81. The van der Waals surface area contributed by atoms with Crippen LogP contribution in [-0.2, 0) is 19.6 Å². The second-order valence-corrected chi connectivity index (χ2v) is 7.70. The van der Waals surface area contributed by atoms with Crippen LogP contribution < -0.4 is 5.32 Å². The first-order valence-corrected chi connectivity index (χ1v) is 9.44. The first-order valence-electron chi connectivity index (χ1n) is 8.00. The molecule has 0 aliphatic carbocycles. The number of carbonyl (C=O) groups excluding carboxylic acids is 1. The van der Waals surface area contributed by atoms with Crippen molar-refractivity contribution in [2.45, 2.75) is 30.7 Å². The maximum absolute atomic E-state index is 12.6. The fourth-order valence-electron chi connectivity index (χ4n) is 2.69. The van der Waals surface area contributed by atoms with Gasteiger partial charge >= 0.3 is 5.97 Å². The van der Waals surface area contributed by atoms with Crippen molar-refractivity contribution in [1.82, 2.24) is 9.62 Å². The van der Waals surface area contributed by atoms with Gasteiger partial charge in [0.2, 0.25) is 10.0 Å². The summed E-state index contributed by atoms with van der Waals surface area (Å²) < 4.78 is 31.5. The number of nitrogens with one attached hydrogen (secondary N) is 1. The lowest BCUT2D eigenvalue weighted by Crippen LogP contribution is -2.55. The van der Waals surface area contributed by atoms with Crippen LogP contribution in [0.1, 0.15) is 30.6 Å². The third-order valence-corrected chi connectivity index (χ3v) is 6.27. The fourth-order valence-corrected chi connectivity index (χ4v) is 4.19. The molecule has 8 nitrogen and oxygen atoms in total. The van der Waals surface area contributed by atoms with Crippen molar-refractivity contribution in [3.05, 3.63) is 29.8 Å². The number of ether oxygens (including phenoxy) is 1. The second-order valence-electron chi connectivity index (χ2n) is 5.76. The maximum atomic E-state index is 12.6. The minimum Gasteiger partial charge on any atom is -0.479 e. The zero-order valence-corrected chi connectivity index (χ0v) is 15.0. The highest BCUT2D eigenvalue weighted by atomic mass is 32.2. The number of hydrogen-bond donors (Lipinski definition) is 2. The number of hydrogen-bond acceptors (Lipinski definition) is 5. The zero-order chi connectivity index (χ0) is 18.7. The quantitative estimate of drug-likeness (QED) is 0.730. The summed E-state index contributed by atoms with van der Waals surface area (Å²) in [5, 5.41) is 11.9. The smallest absolute Gasteiger partial charge is 0.331 e. The van der Waals surface area contributed by atoms with E-state index in [-0.39, 0.29) is 30.1 Å². The van der Waals surface area contributed by atoms with E-state index < -0.39 is 27.4 Å². The van der Waals surface area contributed by atoms with E-state index in [9.17, 15) is 23.1 Å². The van der Waals surface area contributed by atoms with Crippen LogP contribution in [-0.4, -0.2) is 61.5 Å². The number of amides is 1. The molecule has 0 aromatic heterocycles. The molecule has 9 heteroatoms. The number of carboxylic acid groups (broad SMARTS) is 1. The van der Waals surface area contributed by atoms with Gasteiger partial charge in [-0.3, -0.25) is 4.79 Å². The summed E-state index contributed by atoms with van der Waals surface area (Å²) in [4.78, 5) is 23.9. The molecule has 0 radical (unpaired) electrons. The number of carboxylic acids is 1. The van der Waals surface area contributed by atoms with Crippen LogP contribution >= 0.6 is 0 Å². The van der Waals surface area contributed by atoms with Gasteiger partial charge in [0.05, 0.1) is 11.5 Å². The molecule has 1 aromatic carbocycles. The lowest BCUT2D eigenvalue weighted by atomic mass is 9.98. The number of aliphatic carboxylic acids is 1. The van der Waals surface area contributed by atoms with E-state index >= 15 is 0 Å². The zero-order valence-electron chi connectivity index (χ0n) is 14.2. The van der Waals surface area contributed by atoms with Crippen molar-refractivity contribution in [3.63, 3.8) is 0 Å². The van der Waals surface area contributed by atoms with E-state index in [1.165, 1.54) is 28.6 Å². The van der Waals surface area contributed by atoms with Gasteiger partial charge in [0, 0.05) is 31.7 Å². The van der Waals surface area contributed by atoms with Crippen LogP contribution in [0.4, 0.5) is 0 Å². The molecule has 0 spiro atoms. The van der Waals surface area contributed by atoms with E-state index in [4.69, 9.17) is 4.74 Å². The molecule has 1 fully saturated rings. The van der Waals surface area contributed by atoms with Crippen molar-refractivity contribution in [2.75, 3.05) is 26.3 Å². The van der Waals surface area contributed by atoms with E-state index in [0.29, 0.717) is 13.1 Å². The maximum Gasteiger partial charge on any atom is 0.331 e. The summed E-state index contributed by atoms with van der Waals surface area (Å²) in [5.41, 5.74) is -1.40. The van der Waals surface area contributed by atoms with Gasteiger partial charge in [-0.15, -0.1) is 0 Å². The van der Waals surface area contributed by atoms with Crippen molar-refractivity contribution in [1.29, 1.82) is 0 Å². The summed E-state index contributed by atoms with van der Waals surface area (Å²) >= 11 is 0. The van der Waals surface area contributed by atoms with Crippen LogP contribution in [0.5, 0.6) is 0 Å². The van der Waals surface area contributed by atoms with Gasteiger partial charge in [0.1, 0.15) is 0 Å². The summed E-state index contributed by atoms with van der Waals surface area (Å²) in [6.07, 6.45) is 0.158. The highest BCUT2D eigenvalue weighted by Gasteiger charge is 2.44. The molecule has 0 bridgehead atoms. The van der Waals surface area contributed by atoms with E-state index in [2.05, 4.69) is 5.32 Å². The average molecular weight is 370 g/mol. The van der Waals surface area contributed by atoms with Gasteiger partial charge in [-0.05, 0) is 18.2 Å². The van der Waals surface area contributed by atoms with Gasteiger partial charge in [-0.1, -0.05) is 19.9 Å². The molecule has 2 N–H and O–H groups in total. The Balaban J connectivity index is 2.29. The van der Waals surface area contributed by atoms with E-state index in [0.717, 1.165) is 0 Å². The Morgan fingerprint density at radius 2 is 2.00 bits per heavy atom. The SMILES string of the molecule is CCN(CC)S(=O)(=O)c1cccc(C(=O)NC2(C(=O)O)CCOC2)c1. The largest absolute Gasteiger partial charge is 0.479 e. The van der Waals surface area contributed by atoms with Crippen molar-refractivity contribution in [2.24, 2.45) is 0 Å². The second kappa shape index (κ2) is 7.51. The number of nitrogens with zero attached hydrogens (tertiary/aromatic N) is 1. The number of sulfonamides is 1. The van der Waals surface area contributed by atoms with Crippen molar-refractivity contribution in [3.8, 4) is 0 Å². The Labute approximate surface area is 146 Å². The molecule has 1 heterocycles. The van der Waals surface area contributed by atoms with Crippen LogP contribution in [0, 0.1) is 0 Å². The lowest BCUT2D eigenvalue weighted by molar-refractivity contribution is -0.144. The van der Waals surface area contributed by atoms with Crippen LogP contribution in [0.2, 0.25) is 0 Å². The predicted molar refractivity (Wildman–Crippen MR) is 89.8 cm³/mol. The molecule has 1 aliphatic rings.